The maximum atomic E-state index is 13.5. The van der Waals surface area contributed by atoms with Crippen LogP contribution >= 0.6 is 23.2 Å². The largest absolute Gasteiger partial charge is 0.482 e. The van der Waals surface area contributed by atoms with Crippen molar-refractivity contribution in [1.29, 1.82) is 0 Å². The van der Waals surface area contributed by atoms with Gasteiger partial charge in [-0.1, -0.05) is 72.6 Å². The number of nitrogens with one attached hydrogen (secondary N) is 1. The fourth-order valence-corrected chi connectivity index (χ4v) is 4.06. The molecule has 1 N–H and O–H groups in total. The van der Waals surface area contributed by atoms with Crippen molar-refractivity contribution < 1.29 is 18.7 Å². The molecule has 0 aromatic heterocycles. The molecular weight excluding hydrogens is 502 g/mol. The first-order chi connectivity index (χ1) is 17.3. The quantitative estimate of drug-likeness (QED) is 0.327. The Morgan fingerprint density at radius 3 is 2.33 bits per heavy atom. The van der Waals surface area contributed by atoms with Crippen LogP contribution in [-0.4, -0.2) is 35.4 Å². The van der Waals surface area contributed by atoms with Gasteiger partial charge in [-0.2, -0.15) is 0 Å². The number of carbonyl (C=O) groups is 2. The summed E-state index contributed by atoms with van der Waals surface area (Å²) in [4.78, 5) is 28.4. The zero-order valence-corrected chi connectivity index (χ0v) is 21.7. The second-order valence-corrected chi connectivity index (χ2v) is 9.38. The van der Waals surface area contributed by atoms with E-state index >= 15 is 0 Å². The Labute approximate surface area is 221 Å². The highest BCUT2D eigenvalue weighted by atomic mass is 35.5. The zero-order chi connectivity index (χ0) is 26.1. The van der Waals surface area contributed by atoms with Gasteiger partial charge in [0.1, 0.15) is 17.6 Å². The number of amides is 2. The molecule has 0 saturated carbocycles. The van der Waals surface area contributed by atoms with Crippen molar-refractivity contribution in [3.05, 3.63) is 99.8 Å². The molecule has 0 saturated heterocycles. The molecule has 0 fully saturated rings. The van der Waals surface area contributed by atoms with E-state index in [9.17, 15) is 14.0 Å². The van der Waals surface area contributed by atoms with Gasteiger partial charge in [0.05, 0.1) is 5.02 Å². The van der Waals surface area contributed by atoms with Gasteiger partial charge in [-0.05, 0) is 54.8 Å². The fourth-order valence-electron chi connectivity index (χ4n) is 3.60. The lowest BCUT2D eigenvalue weighted by molar-refractivity contribution is -0.143. The Morgan fingerprint density at radius 1 is 1.00 bits per heavy atom. The first-order valence-electron chi connectivity index (χ1n) is 11.7. The molecule has 0 aliphatic heterocycles. The highest BCUT2D eigenvalue weighted by molar-refractivity contribution is 6.35. The molecule has 0 radical (unpaired) electrons. The van der Waals surface area contributed by atoms with Crippen molar-refractivity contribution in [3.63, 3.8) is 0 Å². The second kappa shape index (κ2) is 13.3. The predicted molar refractivity (Wildman–Crippen MR) is 141 cm³/mol. The maximum absolute atomic E-state index is 13.5. The fraction of sp³-hybridized carbons (Fsp3) is 0.286. The Kier molecular flexibility index (Phi) is 10.1. The highest BCUT2D eigenvalue weighted by Crippen LogP contribution is 2.27. The van der Waals surface area contributed by atoms with Crippen molar-refractivity contribution in [2.24, 2.45) is 0 Å². The summed E-state index contributed by atoms with van der Waals surface area (Å²) in [5, 5.41) is 3.72. The molecule has 3 aromatic rings. The lowest BCUT2D eigenvalue weighted by Gasteiger charge is -2.32. The smallest absolute Gasteiger partial charge is 0.261 e. The zero-order valence-electron chi connectivity index (χ0n) is 20.2. The summed E-state index contributed by atoms with van der Waals surface area (Å²) in [6.07, 6.45) is 1.05. The van der Waals surface area contributed by atoms with Crippen LogP contribution in [0.15, 0.2) is 72.8 Å². The molecule has 3 rings (SSSR count). The molecule has 0 heterocycles. The molecule has 0 aliphatic carbocycles. The number of halogens is 3. The highest BCUT2D eigenvalue weighted by Gasteiger charge is 2.31. The molecule has 3 aromatic carbocycles. The molecule has 0 aliphatic rings. The third-order valence-electron chi connectivity index (χ3n) is 5.78. The molecular formula is C28H29Cl2FN2O3. The standard InChI is InChI=1S/C28H29Cl2FN2O3/c1-3-19(2)32-28(35)25(15-20-7-5-4-6-8-20)33(17-21-9-12-23(31)13-10-21)27(34)18-36-26-14-11-22(29)16-24(26)30/h4-14,16,19,25H,3,15,17-18H2,1-2H3,(H,32,35)/t19-,25+/m0/s1. The average molecular weight is 531 g/mol. The minimum Gasteiger partial charge on any atom is -0.482 e. The van der Waals surface area contributed by atoms with E-state index in [1.807, 2.05) is 44.2 Å². The van der Waals surface area contributed by atoms with E-state index in [0.717, 1.165) is 12.0 Å². The molecule has 2 amide bonds. The minimum absolute atomic E-state index is 0.0670. The van der Waals surface area contributed by atoms with Crippen LogP contribution < -0.4 is 10.1 Å². The van der Waals surface area contributed by atoms with Crippen LogP contribution in [-0.2, 0) is 22.6 Å². The monoisotopic (exact) mass is 530 g/mol. The molecule has 190 valence electrons. The van der Waals surface area contributed by atoms with Gasteiger partial charge in [0, 0.05) is 24.0 Å². The van der Waals surface area contributed by atoms with E-state index in [1.54, 1.807) is 24.3 Å². The Balaban J connectivity index is 1.91. The van der Waals surface area contributed by atoms with E-state index in [-0.39, 0.29) is 35.9 Å². The number of nitrogens with zero attached hydrogens (tertiary/aromatic N) is 1. The van der Waals surface area contributed by atoms with Gasteiger partial charge in [-0.15, -0.1) is 0 Å². The summed E-state index contributed by atoms with van der Waals surface area (Å²) < 4.78 is 19.2. The Morgan fingerprint density at radius 2 is 1.69 bits per heavy atom. The third kappa shape index (κ3) is 7.97. The van der Waals surface area contributed by atoms with Crippen LogP contribution in [0.5, 0.6) is 5.75 Å². The first-order valence-corrected chi connectivity index (χ1v) is 12.5. The van der Waals surface area contributed by atoms with Gasteiger partial charge < -0.3 is 15.0 Å². The third-order valence-corrected chi connectivity index (χ3v) is 6.31. The molecule has 5 nitrogen and oxygen atoms in total. The van der Waals surface area contributed by atoms with E-state index in [2.05, 4.69) is 5.32 Å². The van der Waals surface area contributed by atoms with Gasteiger partial charge in [-0.3, -0.25) is 9.59 Å². The Hall–Kier alpha value is -3.09. The van der Waals surface area contributed by atoms with Gasteiger partial charge in [0.15, 0.2) is 6.61 Å². The maximum Gasteiger partial charge on any atom is 0.261 e. The number of hydrogen-bond donors (Lipinski definition) is 1. The van der Waals surface area contributed by atoms with Crippen LogP contribution in [0, 0.1) is 5.82 Å². The summed E-state index contributed by atoms with van der Waals surface area (Å²) in [5.41, 5.74) is 1.59. The predicted octanol–water partition coefficient (Wildman–Crippen LogP) is 6.07. The van der Waals surface area contributed by atoms with Crippen LogP contribution in [0.2, 0.25) is 10.0 Å². The van der Waals surface area contributed by atoms with E-state index in [4.69, 9.17) is 27.9 Å². The van der Waals surface area contributed by atoms with Crippen LogP contribution in [0.4, 0.5) is 4.39 Å². The number of ether oxygens (including phenoxy) is 1. The summed E-state index contributed by atoms with van der Waals surface area (Å²) in [6.45, 7) is 3.64. The number of hydrogen-bond acceptors (Lipinski definition) is 3. The van der Waals surface area contributed by atoms with Crippen LogP contribution in [0.1, 0.15) is 31.4 Å². The van der Waals surface area contributed by atoms with Gasteiger partial charge in [-0.25, -0.2) is 4.39 Å². The van der Waals surface area contributed by atoms with Gasteiger partial charge >= 0.3 is 0 Å². The lowest BCUT2D eigenvalue weighted by Crippen LogP contribution is -2.53. The number of carbonyl (C=O) groups excluding carboxylic acids is 2. The van der Waals surface area contributed by atoms with Crippen molar-refractivity contribution in [1.82, 2.24) is 10.2 Å². The average Bonchev–Trinajstić information content (AvgIpc) is 2.87. The SMILES string of the molecule is CC[C@H](C)NC(=O)[C@@H](Cc1ccccc1)N(Cc1ccc(F)cc1)C(=O)COc1ccc(Cl)cc1Cl. The lowest BCUT2D eigenvalue weighted by atomic mass is 10.0. The van der Waals surface area contributed by atoms with Gasteiger partial charge in [0.2, 0.25) is 5.91 Å². The van der Waals surface area contributed by atoms with Crippen molar-refractivity contribution in [2.45, 2.75) is 45.3 Å². The molecule has 0 unspecified atom stereocenters. The van der Waals surface area contributed by atoms with Crippen molar-refractivity contribution in [3.8, 4) is 5.75 Å². The molecule has 2 atom stereocenters. The van der Waals surface area contributed by atoms with E-state index in [1.165, 1.54) is 23.1 Å². The number of rotatable bonds is 11. The summed E-state index contributed by atoms with van der Waals surface area (Å²) in [7, 11) is 0. The van der Waals surface area contributed by atoms with E-state index in [0.29, 0.717) is 22.8 Å². The minimum atomic E-state index is -0.816. The van der Waals surface area contributed by atoms with Crippen LogP contribution in [0.25, 0.3) is 0 Å². The topological polar surface area (TPSA) is 58.6 Å². The molecule has 0 spiro atoms. The molecule has 0 bridgehead atoms. The normalized spacial score (nSPS) is 12.5. The van der Waals surface area contributed by atoms with Crippen molar-refractivity contribution in [2.75, 3.05) is 6.61 Å². The second-order valence-electron chi connectivity index (χ2n) is 8.53. The Bertz CT molecular complexity index is 1160. The van der Waals surface area contributed by atoms with E-state index < -0.39 is 11.9 Å². The summed E-state index contributed by atoms with van der Waals surface area (Å²) in [5.74, 6) is -0.758. The van der Waals surface area contributed by atoms with Gasteiger partial charge in [0.25, 0.3) is 5.91 Å². The van der Waals surface area contributed by atoms with Crippen molar-refractivity contribution >= 4 is 35.0 Å². The number of benzene rings is 3. The summed E-state index contributed by atoms with van der Waals surface area (Å²) >= 11 is 12.1. The molecule has 36 heavy (non-hydrogen) atoms. The summed E-state index contributed by atoms with van der Waals surface area (Å²) in [6, 6.07) is 19.2. The van der Waals surface area contributed by atoms with Crippen LogP contribution in [0.3, 0.4) is 0 Å². The molecule has 8 heteroatoms. The first kappa shape index (κ1) is 27.5.